The van der Waals surface area contributed by atoms with E-state index in [9.17, 15) is 0 Å². The van der Waals surface area contributed by atoms with E-state index in [1.54, 1.807) is 7.11 Å². The summed E-state index contributed by atoms with van der Waals surface area (Å²) >= 11 is 1.83. The normalized spacial score (nSPS) is 13.3. The van der Waals surface area contributed by atoms with E-state index in [4.69, 9.17) is 4.74 Å². The second-order valence-corrected chi connectivity index (χ2v) is 6.94. The zero-order chi connectivity index (χ0) is 15.8. The molecule has 1 aliphatic carbocycles. The lowest BCUT2D eigenvalue weighted by Gasteiger charge is -2.09. The van der Waals surface area contributed by atoms with Gasteiger partial charge in [-0.25, -0.2) is 9.97 Å². The van der Waals surface area contributed by atoms with Crippen molar-refractivity contribution >= 4 is 27.4 Å². The first-order valence-electron chi connectivity index (χ1n) is 7.90. The minimum atomic E-state index is 0.750. The Morgan fingerprint density at radius 3 is 2.78 bits per heavy atom. The molecule has 23 heavy (non-hydrogen) atoms. The van der Waals surface area contributed by atoms with Gasteiger partial charge in [-0.3, -0.25) is 0 Å². The van der Waals surface area contributed by atoms with Gasteiger partial charge < -0.3 is 10.1 Å². The molecule has 3 aromatic rings. The largest absolute Gasteiger partial charge is 0.497 e. The molecule has 0 aliphatic heterocycles. The molecule has 0 spiro atoms. The number of nitrogens with one attached hydrogen (secondary N) is 1. The highest BCUT2D eigenvalue weighted by molar-refractivity contribution is 7.19. The molecule has 0 radical (unpaired) electrons. The van der Waals surface area contributed by atoms with Crippen molar-refractivity contribution in [3.05, 3.63) is 46.1 Å². The van der Waals surface area contributed by atoms with Gasteiger partial charge in [-0.1, -0.05) is 12.1 Å². The number of nitrogens with zero attached hydrogens (tertiary/aromatic N) is 2. The zero-order valence-corrected chi connectivity index (χ0v) is 14.2. The molecule has 0 unspecified atom stereocenters. The highest BCUT2D eigenvalue weighted by Crippen LogP contribution is 2.39. The highest BCUT2D eigenvalue weighted by atomic mass is 32.1. The first-order chi connectivity index (χ1) is 11.2. The van der Waals surface area contributed by atoms with Gasteiger partial charge in [0.15, 0.2) is 0 Å². The number of benzene rings is 1. The Balaban J connectivity index is 1.65. The molecule has 2 heterocycles. The van der Waals surface area contributed by atoms with E-state index in [2.05, 4.69) is 27.4 Å². The van der Waals surface area contributed by atoms with Crippen LogP contribution >= 0.6 is 11.3 Å². The van der Waals surface area contributed by atoms with Gasteiger partial charge in [0.1, 0.15) is 22.2 Å². The van der Waals surface area contributed by atoms with Gasteiger partial charge in [-0.15, -0.1) is 11.3 Å². The Morgan fingerprint density at radius 2 is 2.00 bits per heavy atom. The molecule has 0 bridgehead atoms. The van der Waals surface area contributed by atoms with Crippen molar-refractivity contribution in [2.24, 2.45) is 0 Å². The summed E-state index contributed by atoms with van der Waals surface area (Å²) in [6.45, 7) is 2.71. The molecule has 4 rings (SSSR count). The number of rotatable bonds is 4. The molecular weight excluding hydrogens is 306 g/mol. The fourth-order valence-corrected chi connectivity index (χ4v) is 4.47. The van der Waals surface area contributed by atoms with Crippen molar-refractivity contribution in [3.8, 4) is 5.75 Å². The molecule has 1 aromatic carbocycles. The number of ether oxygens (including phenoxy) is 1. The monoisotopic (exact) mass is 325 g/mol. The average molecular weight is 325 g/mol. The number of thiophene rings is 1. The van der Waals surface area contributed by atoms with Crippen LogP contribution in [0.4, 0.5) is 5.82 Å². The second kappa shape index (κ2) is 5.81. The van der Waals surface area contributed by atoms with Gasteiger partial charge in [0.05, 0.1) is 12.5 Å². The Hall–Kier alpha value is -2.14. The number of methoxy groups -OCH3 is 1. The summed E-state index contributed by atoms with van der Waals surface area (Å²) in [7, 11) is 1.69. The Kier molecular flexibility index (Phi) is 3.65. The van der Waals surface area contributed by atoms with Gasteiger partial charge in [0.25, 0.3) is 0 Å². The van der Waals surface area contributed by atoms with Crippen molar-refractivity contribution in [2.75, 3.05) is 12.4 Å². The van der Waals surface area contributed by atoms with Gasteiger partial charge in [0, 0.05) is 11.4 Å². The number of aryl methyl sites for hydroxylation is 3. The Bertz CT molecular complexity index is 855. The van der Waals surface area contributed by atoms with E-state index in [1.165, 1.54) is 34.2 Å². The summed E-state index contributed by atoms with van der Waals surface area (Å²) in [5.41, 5.74) is 2.67. The number of hydrogen-bond acceptors (Lipinski definition) is 5. The van der Waals surface area contributed by atoms with Crippen molar-refractivity contribution in [1.29, 1.82) is 0 Å². The summed E-state index contributed by atoms with van der Waals surface area (Å²) in [5.74, 6) is 2.68. The van der Waals surface area contributed by atoms with E-state index in [0.29, 0.717) is 0 Å². The fraction of sp³-hybridized carbons (Fsp3) is 0.333. The lowest BCUT2D eigenvalue weighted by molar-refractivity contribution is 0.414. The molecule has 0 saturated heterocycles. The maximum Gasteiger partial charge on any atom is 0.139 e. The lowest BCUT2D eigenvalue weighted by Crippen LogP contribution is -2.04. The first-order valence-corrected chi connectivity index (χ1v) is 8.72. The summed E-state index contributed by atoms with van der Waals surface area (Å²) in [6.07, 6.45) is 3.59. The predicted octanol–water partition coefficient (Wildman–Crippen LogP) is 4.11. The third-order valence-electron chi connectivity index (χ3n) is 4.30. The third kappa shape index (κ3) is 2.65. The van der Waals surface area contributed by atoms with Gasteiger partial charge in [-0.05, 0) is 49.4 Å². The van der Waals surface area contributed by atoms with Gasteiger partial charge in [-0.2, -0.15) is 0 Å². The van der Waals surface area contributed by atoms with Crippen molar-refractivity contribution in [2.45, 2.75) is 32.7 Å². The van der Waals surface area contributed by atoms with Crippen LogP contribution in [0.3, 0.4) is 0 Å². The SMILES string of the molecule is COc1ccc(CNc2nc(C)nc3sc4c(c23)CCC4)cc1. The van der Waals surface area contributed by atoms with E-state index in [1.807, 2.05) is 30.4 Å². The van der Waals surface area contributed by atoms with Crippen LogP contribution in [-0.4, -0.2) is 17.1 Å². The minimum Gasteiger partial charge on any atom is -0.497 e. The highest BCUT2D eigenvalue weighted by Gasteiger charge is 2.21. The summed E-state index contributed by atoms with van der Waals surface area (Å²) in [6, 6.07) is 8.13. The number of anilines is 1. The Morgan fingerprint density at radius 1 is 1.17 bits per heavy atom. The molecule has 0 amide bonds. The molecule has 5 heteroatoms. The van der Waals surface area contributed by atoms with Gasteiger partial charge >= 0.3 is 0 Å². The number of fused-ring (bicyclic) bond motifs is 3. The molecule has 1 aliphatic rings. The Labute approximate surface area is 139 Å². The lowest BCUT2D eigenvalue weighted by atomic mass is 10.1. The van der Waals surface area contributed by atoms with Crippen LogP contribution in [-0.2, 0) is 19.4 Å². The van der Waals surface area contributed by atoms with Crippen molar-refractivity contribution < 1.29 is 4.74 Å². The van der Waals surface area contributed by atoms with Crippen molar-refractivity contribution in [1.82, 2.24) is 9.97 Å². The van der Waals surface area contributed by atoms with E-state index in [-0.39, 0.29) is 0 Å². The molecule has 0 fully saturated rings. The quantitative estimate of drug-likeness (QED) is 0.784. The zero-order valence-electron chi connectivity index (χ0n) is 13.3. The van der Waals surface area contributed by atoms with Crippen LogP contribution in [0, 0.1) is 6.92 Å². The van der Waals surface area contributed by atoms with Crippen LogP contribution in [0.15, 0.2) is 24.3 Å². The standard InChI is InChI=1S/C18H19N3OS/c1-11-20-17(19-10-12-6-8-13(22-2)9-7-12)16-14-4-3-5-15(14)23-18(16)21-11/h6-9H,3-5,10H2,1-2H3,(H,19,20,21). The number of hydrogen-bond donors (Lipinski definition) is 1. The molecule has 0 atom stereocenters. The third-order valence-corrected chi connectivity index (χ3v) is 5.48. The topological polar surface area (TPSA) is 47.0 Å². The van der Waals surface area contributed by atoms with Crippen molar-refractivity contribution in [3.63, 3.8) is 0 Å². The summed E-state index contributed by atoms with van der Waals surface area (Å²) in [4.78, 5) is 11.9. The molecule has 0 saturated carbocycles. The van der Waals surface area contributed by atoms with E-state index < -0.39 is 0 Å². The van der Waals surface area contributed by atoms with Crippen LogP contribution in [0.1, 0.15) is 28.2 Å². The van der Waals surface area contributed by atoms with Crippen LogP contribution in [0.5, 0.6) is 5.75 Å². The first kappa shape index (κ1) is 14.5. The summed E-state index contributed by atoms with van der Waals surface area (Å²) in [5, 5.41) is 4.75. The molecule has 1 N–H and O–H groups in total. The molecule has 4 nitrogen and oxygen atoms in total. The van der Waals surface area contributed by atoms with E-state index >= 15 is 0 Å². The number of aromatic nitrogens is 2. The van der Waals surface area contributed by atoms with E-state index in [0.717, 1.165) is 35.2 Å². The maximum absolute atomic E-state index is 5.21. The minimum absolute atomic E-state index is 0.750. The molecule has 118 valence electrons. The smallest absolute Gasteiger partial charge is 0.139 e. The summed E-state index contributed by atoms with van der Waals surface area (Å²) < 4.78 is 5.21. The van der Waals surface area contributed by atoms with Crippen LogP contribution in [0.2, 0.25) is 0 Å². The fourth-order valence-electron chi connectivity index (χ4n) is 3.16. The molecule has 2 aromatic heterocycles. The molecular formula is C18H19N3OS. The van der Waals surface area contributed by atoms with Gasteiger partial charge in [0.2, 0.25) is 0 Å². The van der Waals surface area contributed by atoms with Crippen LogP contribution < -0.4 is 10.1 Å². The van der Waals surface area contributed by atoms with Crippen LogP contribution in [0.25, 0.3) is 10.2 Å². The second-order valence-electron chi connectivity index (χ2n) is 5.86. The average Bonchev–Trinajstić information content (AvgIpc) is 3.13. The predicted molar refractivity (Wildman–Crippen MR) is 94.5 cm³/mol. The maximum atomic E-state index is 5.21.